The van der Waals surface area contributed by atoms with E-state index in [1.165, 1.54) is 0 Å². The zero-order chi connectivity index (χ0) is 18.8. The Hall–Kier alpha value is -3.23. The molecule has 3 aromatic heterocycles. The van der Waals surface area contributed by atoms with Crippen molar-refractivity contribution in [2.75, 3.05) is 18.8 Å². The lowest BCUT2D eigenvalue weighted by Crippen LogP contribution is -2.38. The van der Waals surface area contributed by atoms with Crippen LogP contribution in [0.1, 0.15) is 40.8 Å². The van der Waals surface area contributed by atoms with E-state index in [0.717, 1.165) is 24.5 Å². The number of hydrogen-bond acceptors (Lipinski definition) is 6. The molecule has 3 aromatic rings. The Morgan fingerprint density at radius 3 is 2.78 bits per heavy atom. The summed E-state index contributed by atoms with van der Waals surface area (Å²) in [5, 5.41) is 12.9. The Bertz CT molecular complexity index is 925. The summed E-state index contributed by atoms with van der Waals surface area (Å²) in [6.07, 6.45) is 6.95. The van der Waals surface area contributed by atoms with E-state index in [1.54, 1.807) is 24.5 Å². The minimum Gasteiger partial charge on any atom is -0.384 e. The van der Waals surface area contributed by atoms with Crippen LogP contribution in [0.5, 0.6) is 0 Å². The van der Waals surface area contributed by atoms with Crippen LogP contribution in [-0.4, -0.2) is 53.4 Å². The quantitative estimate of drug-likeness (QED) is 0.740. The van der Waals surface area contributed by atoms with Gasteiger partial charge in [0.15, 0.2) is 5.82 Å². The first-order valence-corrected chi connectivity index (χ1v) is 8.98. The molecule has 1 aliphatic rings. The molecule has 1 fully saturated rings. The normalized spacial score (nSPS) is 15.2. The molecule has 0 aliphatic carbocycles. The molecule has 0 atom stereocenters. The number of aromatic nitrogens is 6. The van der Waals surface area contributed by atoms with Gasteiger partial charge in [-0.15, -0.1) is 10.2 Å². The van der Waals surface area contributed by atoms with E-state index in [1.807, 2.05) is 33.5 Å². The van der Waals surface area contributed by atoms with Crippen LogP contribution in [0.2, 0.25) is 0 Å². The monoisotopic (exact) mass is 366 g/mol. The van der Waals surface area contributed by atoms with Crippen LogP contribution in [0, 0.1) is 0 Å². The lowest BCUT2D eigenvalue weighted by atomic mass is 9.95. The smallest absolute Gasteiger partial charge is 0.254 e. The Morgan fingerprint density at radius 1 is 1.26 bits per heavy atom. The number of nitrogens with zero attached hydrogens (tertiary/aromatic N) is 7. The van der Waals surface area contributed by atoms with Crippen molar-refractivity contribution in [3.05, 3.63) is 54.0 Å². The molecule has 2 N–H and O–H groups in total. The molecule has 0 spiro atoms. The van der Waals surface area contributed by atoms with E-state index >= 15 is 0 Å². The van der Waals surface area contributed by atoms with Gasteiger partial charge in [0.05, 0.1) is 0 Å². The van der Waals surface area contributed by atoms with Crippen LogP contribution in [0.3, 0.4) is 0 Å². The van der Waals surface area contributed by atoms with Gasteiger partial charge in [0.2, 0.25) is 0 Å². The first-order valence-electron chi connectivity index (χ1n) is 8.98. The molecule has 1 saturated heterocycles. The topological polar surface area (TPSA) is 108 Å². The Morgan fingerprint density at radius 2 is 2.07 bits per heavy atom. The van der Waals surface area contributed by atoms with E-state index in [0.29, 0.717) is 36.9 Å². The van der Waals surface area contributed by atoms with Gasteiger partial charge in [-0.05, 0) is 31.0 Å². The van der Waals surface area contributed by atoms with E-state index in [9.17, 15) is 4.79 Å². The largest absolute Gasteiger partial charge is 0.384 e. The van der Waals surface area contributed by atoms with E-state index in [-0.39, 0.29) is 5.91 Å². The van der Waals surface area contributed by atoms with Crippen LogP contribution in [0.25, 0.3) is 0 Å². The fourth-order valence-corrected chi connectivity index (χ4v) is 3.51. The van der Waals surface area contributed by atoms with E-state index < -0.39 is 0 Å². The summed E-state index contributed by atoms with van der Waals surface area (Å²) >= 11 is 0. The highest BCUT2D eigenvalue weighted by atomic mass is 16.2. The molecule has 0 radical (unpaired) electrons. The van der Waals surface area contributed by atoms with Gasteiger partial charge in [-0.2, -0.15) is 5.10 Å². The lowest BCUT2D eigenvalue weighted by molar-refractivity contribution is 0.0710. The SMILES string of the molecule is Cn1c(Cn2cccn2)nnc1C1CCN(C(=O)c2ccnc(N)c2)CC1. The van der Waals surface area contributed by atoms with Crippen molar-refractivity contribution in [1.82, 2.24) is 34.4 Å². The van der Waals surface area contributed by atoms with Gasteiger partial charge in [0, 0.05) is 50.2 Å². The van der Waals surface area contributed by atoms with E-state index in [4.69, 9.17) is 5.73 Å². The lowest BCUT2D eigenvalue weighted by Gasteiger charge is -2.31. The number of hydrogen-bond donors (Lipinski definition) is 1. The number of carbonyl (C=O) groups is 1. The maximum absolute atomic E-state index is 12.6. The number of likely N-dealkylation sites (tertiary alicyclic amines) is 1. The molecule has 9 nitrogen and oxygen atoms in total. The van der Waals surface area contributed by atoms with Crippen LogP contribution in [0.4, 0.5) is 5.82 Å². The summed E-state index contributed by atoms with van der Waals surface area (Å²) in [5.74, 6) is 2.50. The minimum absolute atomic E-state index is 0.000105. The number of nitrogen functional groups attached to an aromatic ring is 1. The number of pyridine rings is 1. The molecule has 0 aromatic carbocycles. The number of amides is 1. The van der Waals surface area contributed by atoms with Crippen molar-refractivity contribution in [2.24, 2.45) is 7.05 Å². The molecule has 1 aliphatic heterocycles. The molecule has 1 amide bonds. The van der Waals surface area contributed by atoms with Crippen LogP contribution in [0.15, 0.2) is 36.8 Å². The highest BCUT2D eigenvalue weighted by molar-refractivity contribution is 5.94. The Balaban J connectivity index is 1.41. The van der Waals surface area contributed by atoms with Gasteiger partial charge >= 0.3 is 0 Å². The molecular formula is C18H22N8O. The van der Waals surface area contributed by atoms with Gasteiger partial charge in [0.1, 0.15) is 18.2 Å². The zero-order valence-electron chi connectivity index (χ0n) is 15.2. The first kappa shape index (κ1) is 17.2. The zero-order valence-corrected chi connectivity index (χ0v) is 15.2. The van der Waals surface area contributed by atoms with Gasteiger partial charge in [-0.1, -0.05) is 0 Å². The summed E-state index contributed by atoms with van der Waals surface area (Å²) in [6, 6.07) is 5.22. The van der Waals surface area contributed by atoms with Crippen molar-refractivity contribution >= 4 is 11.7 Å². The van der Waals surface area contributed by atoms with Crippen molar-refractivity contribution in [3.63, 3.8) is 0 Å². The molecule has 27 heavy (non-hydrogen) atoms. The number of rotatable bonds is 4. The number of carbonyl (C=O) groups excluding carboxylic acids is 1. The highest BCUT2D eigenvalue weighted by Gasteiger charge is 2.28. The van der Waals surface area contributed by atoms with Crippen molar-refractivity contribution in [1.29, 1.82) is 0 Å². The predicted molar refractivity (Wildman–Crippen MR) is 98.9 cm³/mol. The second-order valence-electron chi connectivity index (χ2n) is 6.77. The molecule has 140 valence electrons. The molecule has 9 heteroatoms. The molecule has 0 bridgehead atoms. The number of piperidine rings is 1. The molecular weight excluding hydrogens is 344 g/mol. The highest BCUT2D eigenvalue weighted by Crippen LogP contribution is 2.27. The van der Waals surface area contributed by atoms with E-state index in [2.05, 4.69) is 20.3 Å². The van der Waals surface area contributed by atoms with Crippen molar-refractivity contribution in [3.8, 4) is 0 Å². The van der Waals surface area contributed by atoms with Gasteiger partial charge in [-0.25, -0.2) is 4.98 Å². The first-order chi connectivity index (χ1) is 13.1. The summed E-state index contributed by atoms with van der Waals surface area (Å²) in [4.78, 5) is 18.5. The van der Waals surface area contributed by atoms with Crippen LogP contribution >= 0.6 is 0 Å². The number of nitrogens with two attached hydrogens (primary N) is 1. The molecule has 0 unspecified atom stereocenters. The fourth-order valence-electron chi connectivity index (χ4n) is 3.51. The third-order valence-electron chi connectivity index (χ3n) is 5.04. The standard InChI is InChI=1S/C18H22N8O/c1-24-16(12-26-8-2-6-21-26)22-23-17(24)13-4-9-25(10-5-13)18(27)14-3-7-20-15(19)11-14/h2-3,6-8,11,13H,4-5,9-10,12H2,1H3,(H2,19,20). The second-order valence-corrected chi connectivity index (χ2v) is 6.77. The third-order valence-corrected chi connectivity index (χ3v) is 5.04. The minimum atomic E-state index is -0.000105. The summed E-state index contributed by atoms with van der Waals surface area (Å²) in [6.45, 7) is 1.97. The summed E-state index contributed by atoms with van der Waals surface area (Å²) < 4.78 is 3.88. The number of anilines is 1. The molecule has 4 rings (SSSR count). The average molecular weight is 366 g/mol. The molecule has 0 saturated carbocycles. The van der Waals surface area contributed by atoms with Crippen molar-refractivity contribution < 1.29 is 4.79 Å². The fraction of sp³-hybridized carbons (Fsp3) is 0.389. The summed E-state index contributed by atoms with van der Waals surface area (Å²) in [7, 11) is 1.99. The predicted octanol–water partition coefficient (Wildman–Crippen LogP) is 1.06. The maximum atomic E-state index is 12.6. The van der Waals surface area contributed by atoms with Crippen LogP contribution < -0.4 is 5.73 Å². The molecule has 4 heterocycles. The Labute approximate surface area is 156 Å². The van der Waals surface area contributed by atoms with Crippen LogP contribution in [-0.2, 0) is 13.6 Å². The van der Waals surface area contributed by atoms with Gasteiger partial charge < -0.3 is 15.2 Å². The van der Waals surface area contributed by atoms with Gasteiger partial charge in [0.25, 0.3) is 5.91 Å². The summed E-state index contributed by atoms with van der Waals surface area (Å²) in [5.41, 5.74) is 6.27. The van der Waals surface area contributed by atoms with Crippen molar-refractivity contribution in [2.45, 2.75) is 25.3 Å². The third kappa shape index (κ3) is 3.53. The average Bonchev–Trinajstić information content (AvgIpc) is 3.32. The maximum Gasteiger partial charge on any atom is 0.254 e. The Kier molecular flexibility index (Phi) is 4.57. The second kappa shape index (κ2) is 7.18. The van der Waals surface area contributed by atoms with Gasteiger partial charge in [-0.3, -0.25) is 9.48 Å².